The minimum Gasteiger partial charge on any atom is -0.493 e. The molecule has 0 saturated carbocycles. The predicted molar refractivity (Wildman–Crippen MR) is 89.6 cm³/mol. The van der Waals surface area contributed by atoms with Gasteiger partial charge in [-0.3, -0.25) is 10.1 Å². The number of benzene rings is 2. The summed E-state index contributed by atoms with van der Waals surface area (Å²) in [5, 5.41) is 15.5. The average molecular weight is 321 g/mol. The number of non-ortho nitro benzene ring substituents is 1. The molecular formula is C18H15N3O3. The number of nitrogens with zero attached hydrogens (tertiary/aromatic N) is 3. The maximum absolute atomic E-state index is 11.1. The normalized spacial score (nSPS) is 12.7. The van der Waals surface area contributed by atoms with Crippen molar-refractivity contribution in [3.63, 3.8) is 0 Å². The third-order valence-corrected chi connectivity index (χ3v) is 4.15. The second-order valence-corrected chi connectivity index (χ2v) is 5.81. The molecule has 0 N–H and O–H groups in total. The smallest absolute Gasteiger partial charge is 0.271 e. The Morgan fingerprint density at radius 2 is 2.12 bits per heavy atom. The summed E-state index contributed by atoms with van der Waals surface area (Å²) in [6, 6.07) is 12.5. The molecule has 2 aromatic carbocycles. The maximum Gasteiger partial charge on any atom is 0.271 e. The summed E-state index contributed by atoms with van der Waals surface area (Å²) in [5.41, 5.74) is 4.81. The van der Waals surface area contributed by atoms with Crippen LogP contribution in [0.3, 0.4) is 0 Å². The zero-order valence-corrected chi connectivity index (χ0v) is 13.1. The van der Waals surface area contributed by atoms with E-state index in [2.05, 4.69) is 11.2 Å². The van der Waals surface area contributed by atoms with E-state index in [1.54, 1.807) is 10.7 Å². The monoisotopic (exact) mass is 321 g/mol. The van der Waals surface area contributed by atoms with E-state index in [4.69, 9.17) is 4.74 Å². The van der Waals surface area contributed by atoms with E-state index in [1.165, 1.54) is 12.1 Å². The van der Waals surface area contributed by atoms with Crippen LogP contribution in [-0.4, -0.2) is 21.3 Å². The zero-order chi connectivity index (χ0) is 16.7. The molecule has 3 aromatic rings. The van der Waals surface area contributed by atoms with Crippen molar-refractivity contribution in [2.75, 3.05) is 6.61 Å². The Kier molecular flexibility index (Phi) is 3.30. The van der Waals surface area contributed by atoms with Gasteiger partial charge >= 0.3 is 0 Å². The van der Waals surface area contributed by atoms with Crippen LogP contribution < -0.4 is 4.74 Å². The lowest BCUT2D eigenvalue weighted by Crippen LogP contribution is -2.01. The highest BCUT2D eigenvalue weighted by atomic mass is 16.6. The minimum atomic E-state index is -0.396. The fraction of sp³-hybridized carbons (Fsp3) is 0.167. The van der Waals surface area contributed by atoms with E-state index < -0.39 is 4.92 Å². The van der Waals surface area contributed by atoms with Gasteiger partial charge in [-0.1, -0.05) is 17.7 Å². The van der Waals surface area contributed by atoms with Gasteiger partial charge < -0.3 is 4.74 Å². The molecule has 0 amide bonds. The first-order valence-corrected chi connectivity index (χ1v) is 7.69. The maximum atomic E-state index is 11.1. The van der Waals surface area contributed by atoms with Gasteiger partial charge in [0.05, 0.1) is 29.1 Å². The van der Waals surface area contributed by atoms with Crippen molar-refractivity contribution in [2.24, 2.45) is 0 Å². The number of hydrogen-bond acceptors (Lipinski definition) is 4. The van der Waals surface area contributed by atoms with E-state index in [0.29, 0.717) is 12.3 Å². The molecule has 0 radical (unpaired) electrons. The summed E-state index contributed by atoms with van der Waals surface area (Å²) in [5.74, 6) is 0.812. The standard InChI is InChI=1S/C18H15N3O3/c1-12-5-6-17-16(9-12)18-13(7-8-24-17)11-19-20(18)14-3-2-4-15(10-14)21(22)23/h2-6,9-11H,7-8H2,1H3. The fourth-order valence-corrected chi connectivity index (χ4v) is 3.01. The molecule has 0 atom stereocenters. The largest absolute Gasteiger partial charge is 0.493 e. The Morgan fingerprint density at radius 3 is 2.96 bits per heavy atom. The van der Waals surface area contributed by atoms with E-state index in [1.807, 2.05) is 31.3 Å². The second kappa shape index (κ2) is 5.49. The molecule has 0 fully saturated rings. The Hall–Kier alpha value is -3.15. The van der Waals surface area contributed by atoms with Crippen LogP contribution in [0.5, 0.6) is 5.75 Å². The van der Waals surface area contributed by atoms with Crippen molar-refractivity contribution in [1.82, 2.24) is 9.78 Å². The Balaban J connectivity index is 1.95. The molecule has 0 saturated heterocycles. The molecule has 1 aliphatic rings. The minimum absolute atomic E-state index is 0.0473. The first-order chi connectivity index (χ1) is 11.6. The van der Waals surface area contributed by atoms with Crippen LogP contribution in [0, 0.1) is 17.0 Å². The van der Waals surface area contributed by atoms with E-state index in [9.17, 15) is 10.1 Å². The first-order valence-electron chi connectivity index (χ1n) is 7.69. The Morgan fingerprint density at radius 1 is 1.25 bits per heavy atom. The number of ether oxygens (including phenoxy) is 1. The van der Waals surface area contributed by atoms with Crippen molar-refractivity contribution in [1.29, 1.82) is 0 Å². The molecule has 2 heterocycles. The molecule has 0 spiro atoms. The van der Waals surface area contributed by atoms with Crippen molar-refractivity contribution in [2.45, 2.75) is 13.3 Å². The number of fused-ring (bicyclic) bond motifs is 3. The lowest BCUT2D eigenvalue weighted by atomic mass is 10.0. The third kappa shape index (κ3) is 2.32. The first kappa shape index (κ1) is 14.4. The lowest BCUT2D eigenvalue weighted by molar-refractivity contribution is -0.384. The number of aromatic nitrogens is 2. The van der Waals surface area contributed by atoms with E-state index in [0.717, 1.165) is 34.6 Å². The van der Waals surface area contributed by atoms with Crippen LogP contribution in [0.25, 0.3) is 16.9 Å². The molecule has 4 rings (SSSR count). The lowest BCUT2D eigenvalue weighted by Gasteiger charge is -2.12. The number of rotatable bonds is 2. The zero-order valence-electron chi connectivity index (χ0n) is 13.1. The predicted octanol–water partition coefficient (Wildman–Crippen LogP) is 3.69. The summed E-state index contributed by atoms with van der Waals surface area (Å²) in [6.45, 7) is 2.61. The third-order valence-electron chi connectivity index (χ3n) is 4.15. The quantitative estimate of drug-likeness (QED) is 0.533. The van der Waals surface area contributed by atoms with Crippen molar-refractivity contribution in [3.8, 4) is 22.7 Å². The highest BCUT2D eigenvalue weighted by Crippen LogP contribution is 2.37. The fourth-order valence-electron chi connectivity index (χ4n) is 3.01. The van der Waals surface area contributed by atoms with Crippen LogP contribution in [0.4, 0.5) is 5.69 Å². The van der Waals surface area contributed by atoms with Crippen LogP contribution in [-0.2, 0) is 6.42 Å². The van der Waals surface area contributed by atoms with Crippen molar-refractivity contribution < 1.29 is 9.66 Å². The van der Waals surface area contributed by atoms with Gasteiger partial charge in [0.25, 0.3) is 5.69 Å². The number of hydrogen-bond donors (Lipinski definition) is 0. The van der Waals surface area contributed by atoms with Crippen LogP contribution >= 0.6 is 0 Å². The van der Waals surface area contributed by atoms with Crippen LogP contribution in [0.1, 0.15) is 11.1 Å². The summed E-state index contributed by atoms with van der Waals surface area (Å²) in [4.78, 5) is 10.7. The molecule has 24 heavy (non-hydrogen) atoms. The molecule has 0 aliphatic carbocycles. The van der Waals surface area contributed by atoms with Gasteiger partial charge in [-0.25, -0.2) is 4.68 Å². The summed E-state index contributed by atoms with van der Waals surface area (Å²) < 4.78 is 7.61. The molecule has 0 unspecified atom stereocenters. The van der Waals surface area contributed by atoms with Gasteiger partial charge in [0, 0.05) is 29.7 Å². The van der Waals surface area contributed by atoms with Crippen LogP contribution in [0.2, 0.25) is 0 Å². The summed E-state index contributed by atoms with van der Waals surface area (Å²) >= 11 is 0. The molecule has 1 aliphatic heterocycles. The van der Waals surface area contributed by atoms with Gasteiger partial charge in [0.1, 0.15) is 5.75 Å². The second-order valence-electron chi connectivity index (χ2n) is 5.81. The molecule has 0 bridgehead atoms. The molecular weight excluding hydrogens is 306 g/mol. The van der Waals surface area contributed by atoms with Gasteiger partial charge in [-0.05, 0) is 25.1 Å². The van der Waals surface area contributed by atoms with E-state index in [-0.39, 0.29) is 5.69 Å². The highest BCUT2D eigenvalue weighted by molar-refractivity contribution is 5.73. The van der Waals surface area contributed by atoms with E-state index >= 15 is 0 Å². The molecule has 120 valence electrons. The average Bonchev–Trinajstić information content (AvgIpc) is 2.92. The van der Waals surface area contributed by atoms with Crippen molar-refractivity contribution in [3.05, 3.63) is 69.9 Å². The summed E-state index contributed by atoms with van der Waals surface area (Å²) in [7, 11) is 0. The Labute approximate surface area is 138 Å². The SMILES string of the molecule is Cc1ccc2c(c1)-c1c(cnn1-c1cccc([N+](=O)[O-])c1)CCO2. The van der Waals surface area contributed by atoms with Gasteiger partial charge in [0.2, 0.25) is 0 Å². The number of aryl methyl sites for hydroxylation is 1. The summed E-state index contributed by atoms with van der Waals surface area (Å²) in [6.07, 6.45) is 2.56. The molecule has 6 nitrogen and oxygen atoms in total. The molecule has 6 heteroatoms. The Bertz CT molecular complexity index is 946. The topological polar surface area (TPSA) is 70.2 Å². The van der Waals surface area contributed by atoms with Gasteiger partial charge in [0.15, 0.2) is 0 Å². The van der Waals surface area contributed by atoms with Gasteiger partial charge in [-0.2, -0.15) is 5.10 Å². The van der Waals surface area contributed by atoms with Gasteiger partial charge in [-0.15, -0.1) is 0 Å². The van der Waals surface area contributed by atoms with Crippen LogP contribution in [0.15, 0.2) is 48.7 Å². The van der Waals surface area contributed by atoms with Crippen molar-refractivity contribution >= 4 is 5.69 Å². The highest BCUT2D eigenvalue weighted by Gasteiger charge is 2.22. The number of nitro groups is 1. The number of nitro benzene ring substituents is 1. The molecule has 1 aromatic heterocycles.